The van der Waals surface area contributed by atoms with E-state index in [4.69, 9.17) is 14.4 Å². The van der Waals surface area contributed by atoms with Crippen LogP contribution in [0.2, 0.25) is 0 Å². The average Bonchev–Trinajstić information content (AvgIpc) is 3.67. The van der Waals surface area contributed by atoms with Gasteiger partial charge in [-0.25, -0.2) is 9.97 Å². The fourth-order valence-corrected chi connectivity index (χ4v) is 8.15. The van der Waals surface area contributed by atoms with Crippen LogP contribution in [0.5, 0.6) is 0 Å². The molecule has 0 N–H and O–H groups in total. The van der Waals surface area contributed by atoms with Gasteiger partial charge >= 0.3 is 0 Å². The van der Waals surface area contributed by atoms with Gasteiger partial charge in [-0.2, -0.15) is 0 Å². The van der Waals surface area contributed by atoms with Gasteiger partial charge in [0.25, 0.3) is 0 Å². The van der Waals surface area contributed by atoms with Gasteiger partial charge in [0.2, 0.25) is 0 Å². The van der Waals surface area contributed by atoms with Crippen LogP contribution in [-0.2, 0) is 0 Å². The summed E-state index contributed by atoms with van der Waals surface area (Å²) in [5, 5.41) is 6.98. The molecule has 9 aromatic carbocycles. The standard InChI is InChI=1S/C54H34N2O/c1-3-12-35(13-4-1)41-18-11-19-44(31-41)51-34-50(55-54(56-51)39-15-5-2-6-16-39)38-25-22-37(23-26-38)42-28-29-52-48(32-42)49-33-47(45-20-9-10-21-46(45)53(49)57-52)43-27-24-36-14-7-8-17-40(36)30-43/h1-34H. The predicted octanol–water partition coefficient (Wildman–Crippen LogP) is 14.7. The number of furan rings is 1. The van der Waals surface area contributed by atoms with E-state index in [1.165, 1.54) is 32.8 Å². The van der Waals surface area contributed by atoms with E-state index in [1.54, 1.807) is 0 Å². The number of hydrogen-bond acceptors (Lipinski definition) is 3. The van der Waals surface area contributed by atoms with Crippen molar-refractivity contribution >= 4 is 43.5 Å². The molecule has 0 aliphatic heterocycles. The Morgan fingerprint density at radius 3 is 1.68 bits per heavy atom. The highest BCUT2D eigenvalue weighted by Crippen LogP contribution is 2.41. The lowest BCUT2D eigenvalue weighted by molar-refractivity contribution is 0.673. The van der Waals surface area contributed by atoms with E-state index in [-0.39, 0.29) is 0 Å². The first-order chi connectivity index (χ1) is 28.2. The maximum Gasteiger partial charge on any atom is 0.160 e. The summed E-state index contributed by atoms with van der Waals surface area (Å²) >= 11 is 0. The van der Waals surface area contributed by atoms with Crippen LogP contribution in [0.1, 0.15) is 0 Å². The van der Waals surface area contributed by atoms with Crippen molar-refractivity contribution in [3.8, 4) is 67.3 Å². The highest BCUT2D eigenvalue weighted by molar-refractivity contribution is 6.19. The molecule has 11 aromatic rings. The first-order valence-electron chi connectivity index (χ1n) is 19.3. The van der Waals surface area contributed by atoms with Crippen LogP contribution in [0.15, 0.2) is 211 Å². The zero-order chi connectivity index (χ0) is 37.7. The second-order valence-electron chi connectivity index (χ2n) is 14.6. The topological polar surface area (TPSA) is 38.9 Å². The molecule has 11 rings (SSSR count). The van der Waals surface area contributed by atoms with Crippen LogP contribution < -0.4 is 0 Å². The van der Waals surface area contributed by atoms with Gasteiger partial charge in [-0.05, 0) is 85.9 Å². The van der Waals surface area contributed by atoms with Crippen molar-refractivity contribution < 1.29 is 4.42 Å². The summed E-state index contributed by atoms with van der Waals surface area (Å²) in [6.07, 6.45) is 0. The molecule has 0 radical (unpaired) electrons. The largest absolute Gasteiger partial charge is 0.455 e. The molecule has 0 bridgehead atoms. The van der Waals surface area contributed by atoms with Crippen molar-refractivity contribution in [2.45, 2.75) is 0 Å². The third-order valence-electron chi connectivity index (χ3n) is 11.1. The first kappa shape index (κ1) is 32.8. The van der Waals surface area contributed by atoms with Crippen LogP contribution in [-0.4, -0.2) is 9.97 Å². The van der Waals surface area contributed by atoms with E-state index in [9.17, 15) is 0 Å². The number of benzene rings is 9. The molecule has 57 heavy (non-hydrogen) atoms. The molecule has 0 saturated carbocycles. The SMILES string of the molecule is c1ccc(-c2cccc(-c3cc(-c4ccc(-c5ccc6oc7c8ccccc8c(-c8ccc9ccccc9c8)cc7c6c5)cc4)nc(-c4ccccc4)n3)c2)cc1. The molecule has 266 valence electrons. The Labute approximate surface area is 330 Å². The molecule has 0 saturated heterocycles. The van der Waals surface area contributed by atoms with Gasteiger partial charge < -0.3 is 4.42 Å². The van der Waals surface area contributed by atoms with Gasteiger partial charge in [0, 0.05) is 32.8 Å². The van der Waals surface area contributed by atoms with Crippen LogP contribution >= 0.6 is 0 Å². The van der Waals surface area contributed by atoms with Gasteiger partial charge in [0.05, 0.1) is 11.4 Å². The zero-order valence-corrected chi connectivity index (χ0v) is 30.9. The third kappa shape index (κ3) is 5.94. The third-order valence-corrected chi connectivity index (χ3v) is 11.1. The summed E-state index contributed by atoms with van der Waals surface area (Å²) in [5.41, 5.74) is 13.6. The van der Waals surface area contributed by atoms with E-state index in [0.717, 1.165) is 72.1 Å². The Morgan fingerprint density at radius 1 is 0.298 bits per heavy atom. The molecule has 0 aliphatic carbocycles. The van der Waals surface area contributed by atoms with Gasteiger partial charge in [-0.15, -0.1) is 0 Å². The number of hydrogen-bond donors (Lipinski definition) is 0. The Hall–Kier alpha value is -7.62. The molecule has 3 heteroatoms. The predicted molar refractivity (Wildman–Crippen MR) is 237 cm³/mol. The minimum absolute atomic E-state index is 0.699. The fraction of sp³-hybridized carbons (Fsp3) is 0. The molecule has 0 amide bonds. The van der Waals surface area contributed by atoms with E-state index in [1.807, 2.05) is 24.3 Å². The highest BCUT2D eigenvalue weighted by Gasteiger charge is 2.17. The van der Waals surface area contributed by atoms with Crippen molar-refractivity contribution in [1.82, 2.24) is 9.97 Å². The monoisotopic (exact) mass is 726 g/mol. The number of fused-ring (bicyclic) bond motifs is 6. The second-order valence-corrected chi connectivity index (χ2v) is 14.6. The van der Waals surface area contributed by atoms with Gasteiger partial charge in [0.1, 0.15) is 11.2 Å². The number of aromatic nitrogens is 2. The van der Waals surface area contributed by atoms with Gasteiger partial charge in [-0.3, -0.25) is 0 Å². The molecule has 0 aliphatic rings. The normalized spacial score (nSPS) is 11.5. The van der Waals surface area contributed by atoms with E-state index in [2.05, 4.69) is 182 Å². The summed E-state index contributed by atoms with van der Waals surface area (Å²) in [7, 11) is 0. The van der Waals surface area contributed by atoms with Crippen molar-refractivity contribution in [3.63, 3.8) is 0 Å². The van der Waals surface area contributed by atoms with E-state index in [0.29, 0.717) is 5.82 Å². The minimum atomic E-state index is 0.699. The Kier molecular flexibility index (Phi) is 7.82. The Morgan fingerprint density at radius 2 is 0.877 bits per heavy atom. The summed E-state index contributed by atoms with van der Waals surface area (Å²) < 4.78 is 6.61. The maximum atomic E-state index is 6.61. The summed E-state index contributed by atoms with van der Waals surface area (Å²) in [6, 6.07) is 72.8. The molecule has 2 heterocycles. The number of rotatable bonds is 6. The van der Waals surface area contributed by atoms with Crippen LogP contribution in [0.3, 0.4) is 0 Å². The van der Waals surface area contributed by atoms with Crippen molar-refractivity contribution in [1.29, 1.82) is 0 Å². The van der Waals surface area contributed by atoms with Crippen LogP contribution in [0.25, 0.3) is 111 Å². The summed E-state index contributed by atoms with van der Waals surface area (Å²) in [6.45, 7) is 0. The molecular formula is C54H34N2O. The van der Waals surface area contributed by atoms with Crippen molar-refractivity contribution in [2.24, 2.45) is 0 Å². The molecule has 0 unspecified atom stereocenters. The molecule has 0 fully saturated rings. The molecule has 0 spiro atoms. The lowest BCUT2D eigenvalue weighted by atomic mass is 9.93. The van der Waals surface area contributed by atoms with E-state index >= 15 is 0 Å². The molecule has 0 atom stereocenters. The smallest absolute Gasteiger partial charge is 0.160 e. The number of nitrogens with zero attached hydrogens (tertiary/aromatic N) is 2. The summed E-state index contributed by atoms with van der Waals surface area (Å²) in [4.78, 5) is 10.2. The van der Waals surface area contributed by atoms with Crippen LogP contribution in [0, 0.1) is 0 Å². The minimum Gasteiger partial charge on any atom is -0.455 e. The lowest BCUT2D eigenvalue weighted by Gasteiger charge is -2.11. The van der Waals surface area contributed by atoms with E-state index < -0.39 is 0 Å². The quantitative estimate of drug-likeness (QED) is 0.171. The summed E-state index contributed by atoms with van der Waals surface area (Å²) in [5.74, 6) is 0.699. The maximum absolute atomic E-state index is 6.61. The zero-order valence-electron chi connectivity index (χ0n) is 30.9. The average molecular weight is 727 g/mol. The van der Waals surface area contributed by atoms with Crippen LogP contribution in [0.4, 0.5) is 0 Å². The molecule has 3 nitrogen and oxygen atoms in total. The Balaban J connectivity index is 0.994. The fourth-order valence-electron chi connectivity index (χ4n) is 8.15. The van der Waals surface area contributed by atoms with Gasteiger partial charge in [0.15, 0.2) is 5.82 Å². The van der Waals surface area contributed by atoms with Crippen molar-refractivity contribution in [2.75, 3.05) is 0 Å². The van der Waals surface area contributed by atoms with Gasteiger partial charge in [-0.1, -0.05) is 170 Å². The molecule has 2 aromatic heterocycles. The first-order valence-corrected chi connectivity index (χ1v) is 19.3. The van der Waals surface area contributed by atoms with Crippen molar-refractivity contribution in [3.05, 3.63) is 206 Å². The Bertz CT molecular complexity index is 3270. The lowest BCUT2D eigenvalue weighted by Crippen LogP contribution is -1.96. The molecular weight excluding hydrogens is 693 g/mol. The second kappa shape index (κ2) is 13.6. The highest BCUT2D eigenvalue weighted by atomic mass is 16.3.